The van der Waals surface area contributed by atoms with Gasteiger partial charge in [-0.05, 0) is 58.6 Å². The molecule has 1 aromatic carbocycles. The van der Waals surface area contributed by atoms with Crippen molar-refractivity contribution in [3.05, 3.63) is 46.3 Å². The molecule has 21 heavy (non-hydrogen) atoms. The molecule has 0 saturated carbocycles. The Kier molecular flexibility index (Phi) is 3.52. The van der Waals surface area contributed by atoms with Crippen molar-refractivity contribution in [1.29, 1.82) is 0 Å². The summed E-state index contributed by atoms with van der Waals surface area (Å²) in [6, 6.07) is 7.65. The summed E-state index contributed by atoms with van der Waals surface area (Å²) in [5.74, 6) is 0. The van der Waals surface area contributed by atoms with Gasteiger partial charge in [0.1, 0.15) is 0 Å². The maximum absolute atomic E-state index is 4.68. The highest BCUT2D eigenvalue weighted by Crippen LogP contribution is 2.36. The van der Waals surface area contributed by atoms with Crippen LogP contribution in [0, 0.1) is 20.8 Å². The lowest BCUT2D eigenvalue weighted by atomic mass is 10.0. The number of benzene rings is 1. The van der Waals surface area contributed by atoms with Gasteiger partial charge in [-0.3, -0.25) is 4.68 Å². The van der Waals surface area contributed by atoms with Crippen LogP contribution in [0.1, 0.15) is 60.4 Å². The van der Waals surface area contributed by atoms with Crippen molar-refractivity contribution in [2.24, 2.45) is 0 Å². The molecule has 1 aromatic heterocycles. The van der Waals surface area contributed by atoms with Gasteiger partial charge in [0.2, 0.25) is 0 Å². The molecule has 0 fully saturated rings. The largest absolute Gasteiger partial charge is 0.375 e. The summed E-state index contributed by atoms with van der Waals surface area (Å²) in [5.41, 5.74) is 7.85. The fourth-order valence-corrected chi connectivity index (χ4v) is 3.42. The molecule has 0 spiro atoms. The third kappa shape index (κ3) is 2.45. The van der Waals surface area contributed by atoms with Crippen molar-refractivity contribution in [3.63, 3.8) is 0 Å². The summed E-state index contributed by atoms with van der Waals surface area (Å²) in [5, 5.41) is 8.43. The summed E-state index contributed by atoms with van der Waals surface area (Å²) < 4.78 is 2.11. The zero-order valence-corrected chi connectivity index (χ0v) is 13.7. The predicted molar refractivity (Wildman–Crippen MR) is 87.9 cm³/mol. The molecule has 1 N–H and O–H groups in total. The highest BCUT2D eigenvalue weighted by molar-refractivity contribution is 5.55. The first kappa shape index (κ1) is 14.2. The lowest BCUT2D eigenvalue weighted by Crippen LogP contribution is -2.09. The van der Waals surface area contributed by atoms with Crippen molar-refractivity contribution < 1.29 is 0 Å². The second kappa shape index (κ2) is 5.21. The normalized spacial score (nSPS) is 17.3. The third-order valence-electron chi connectivity index (χ3n) is 4.51. The van der Waals surface area contributed by atoms with Crippen LogP contribution in [-0.4, -0.2) is 9.78 Å². The molecule has 1 aliphatic carbocycles. The quantitative estimate of drug-likeness (QED) is 0.899. The fourth-order valence-electron chi connectivity index (χ4n) is 3.42. The fraction of sp³-hybridized carbons (Fsp3) is 0.500. The number of aromatic nitrogens is 2. The lowest BCUT2D eigenvalue weighted by molar-refractivity contribution is 0.516. The molecule has 1 heterocycles. The molecule has 0 amide bonds. The average molecular weight is 283 g/mol. The van der Waals surface area contributed by atoms with Gasteiger partial charge >= 0.3 is 0 Å². The van der Waals surface area contributed by atoms with Crippen LogP contribution < -0.4 is 5.32 Å². The van der Waals surface area contributed by atoms with Crippen LogP contribution >= 0.6 is 0 Å². The van der Waals surface area contributed by atoms with Crippen LogP contribution in [0.15, 0.2) is 18.2 Å². The van der Waals surface area contributed by atoms with Crippen LogP contribution in [-0.2, 0) is 6.42 Å². The minimum absolute atomic E-state index is 0.400. The zero-order chi connectivity index (χ0) is 15.1. The molecule has 2 aromatic rings. The summed E-state index contributed by atoms with van der Waals surface area (Å²) in [6.45, 7) is 10.8. The number of hydrogen-bond donors (Lipinski definition) is 1. The molecule has 1 atom stereocenters. The molecule has 3 rings (SSSR count). The molecule has 0 radical (unpaired) electrons. The molecular weight excluding hydrogens is 258 g/mol. The lowest BCUT2D eigenvalue weighted by Gasteiger charge is -2.17. The smallest absolute Gasteiger partial charge is 0.0828 e. The van der Waals surface area contributed by atoms with Gasteiger partial charge in [-0.2, -0.15) is 5.10 Å². The molecule has 3 nitrogen and oxygen atoms in total. The van der Waals surface area contributed by atoms with Crippen LogP contribution in [0.25, 0.3) is 0 Å². The standard InChI is InChI=1S/C18H25N3/c1-11(2)21-14(5)18(13(4)20-21)19-17-9-8-15-7-6-12(3)10-16(15)17/h6-7,10-11,17,19H,8-9H2,1-5H3. The first-order chi connectivity index (χ1) is 9.97. The number of anilines is 1. The van der Waals surface area contributed by atoms with Crippen molar-refractivity contribution >= 4 is 5.69 Å². The SMILES string of the molecule is Cc1ccc2c(c1)C(Nc1c(C)nn(C(C)C)c1C)CC2. The van der Waals surface area contributed by atoms with Crippen LogP contribution in [0.5, 0.6) is 0 Å². The van der Waals surface area contributed by atoms with Crippen LogP contribution in [0.4, 0.5) is 5.69 Å². The molecule has 0 saturated heterocycles. The Morgan fingerprint density at radius 1 is 1.24 bits per heavy atom. The molecule has 3 heteroatoms. The molecule has 112 valence electrons. The van der Waals surface area contributed by atoms with E-state index < -0.39 is 0 Å². The highest BCUT2D eigenvalue weighted by atomic mass is 15.3. The van der Waals surface area contributed by atoms with Gasteiger partial charge < -0.3 is 5.32 Å². The van der Waals surface area contributed by atoms with E-state index in [0.29, 0.717) is 12.1 Å². The van der Waals surface area contributed by atoms with Crippen LogP contribution in [0.3, 0.4) is 0 Å². The van der Waals surface area contributed by atoms with Crippen molar-refractivity contribution in [3.8, 4) is 0 Å². The van der Waals surface area contributed by atoms with E-state index in [1.54, 1.807) is 0 Å². The van der Waals surface area contributed by atoms with Gasteiger partial charge in [-0.1, -0.05) is 23.8 Å². The van der Waals surface area contributed by atoms with E-state index in [1.165, 1.54) is 40.9 Å². The van der Waals surface area contributed by atoms with E-state index in [9.17, 15) is 0 Å². The number of aryl methyl sites for hydroxylation is 3. The number of hydrogen-bond acceptors (Lipinski definition) is 2. The first-order valence-corrected chi connectivity index (χ1v) is 7.89. The van der Waals surface area contributed by atoms with E-state index >= 15 is 0 Å². The number of rotatable bonds is 3. The van der Waals surface area contributed by atoms with Crippen LogP contribution in [0.2, 0.25) is 0 Å². The zero-order valence-electron chi connectivity index (χ0n) is 13.7. The number of nitrogens with zero attached hydrogens (tertiary/aromatic N) is 2. The predicted octanol–water partition coefficient (Wildman–Crippen LogP) is 4.49. The first-order valence-electron chi connectivity index (χ1n) is 7.89. The van der Waals surface area contributed by atoms with E-state index in [1.807, 2.05) is 0 Å². The Morgan fingerprint density at radius 3 is 2.67 bits per heavy atom. The topological polar surface area (TPSA) is 29.9 Å². The second-order valence-electron chi connectivity index (χ2n) is 6.52. The number of fused-ring (bicyclic) bond motifs is 1. The Balaban J connectivity index is 1.91. The van der Waals surface area contributed by atoms with Gasteiger partial charge in [-0.15, -0.1) is 0 Å². The van der Waals surface area contributed by atoms with Gasteiger partial charge in [-0.25, -0.2) is 0 Å². The molecule has 1 unspecified atom stereocenters. The summed E-state index contributed by atoms with van der Waals surface area (Å²) in [4.78, 5) is 0. The van der Waals surface area contributed by atoms with E-state index in [-0.39, 0.29) is 0 Å². The molecule has 1 aliphatic rings. The van der Waals surface area contributed by atoms with E-state index in [0.717, 1.165) is 5.69 Å². The monoisotopic (exact) mass is 283 g/mol. The maximum atomic E-state index is 4.68. The Bertz CT molecular complexity index is 667. The summed E-state index contributed by atoms with van der Waals surface area (Å²) in [6.07, 6.45) is 2.34. The van der Waals surface area contributed by atoms with Gasteiger partial charge in [0.15, 0.2) is 0 Å². The molecule has 0 bridgehead atoms. The summed E-state index contributed by atoms with van der Waals surface area (Å²) >= 11 is 0. The molecular formula is C18H25N3. The van der Waals surface area contributed by atoms with Crippen molar-refractivity contribution in [1.82, 2.24) is 9.78 Å². The maximum Gasteiger partial charge on any atom is 0.0828 e. The number of nitrogens with one attached hydrogen (secondary N) is 1. The summed E-state index contributed by atoms with van der Waals surface area (Å²) in [7, 11) is 0. The van der Waals surface area contributed by atoms with Gasteiger partial charge in [0.25, 0.3) is 0 Å². The Hall–Kier alpha value is -1.77. The minimum atomic E-state index is 0.400. The molecule has 0 aliphatic heterocycles. The van der Waals surface area contributed by atoms with E-state index in [4.69, 9.17) is 0 Å². The third-order valence-corrected chi connectivity index (χ3v) is 4.51. The Morgan fingerprint density at radius 2 is 2.00 bits per heavy atom. The van der Waals surface area contributed by atoms with Gasteiger partial charge in [0, 0.05) is 6.04 Å². The Labute approximate surface area is 127 Å². The second-order valence-corrected chi connectivity index (χ2v) is 6.52. The van der Waals surface area contributed by atoms with Gasteiger partial charge in [0.05, 0.1) is 23.1 Å². The highest BCUT2D eigenvalue weighted by Gasteiger charge is 2.24. The van der Waals surface area contributed by atoms with Crippen molar-refractivity contribution in [2.45, 2.75) is 59.5 Å². The van der Waals surface area contributed by atoms with Crippen molar-refractivity contribution in [2.75, 3.05) is 5.32 Å². The van der Waals surface area contributed by atoms with E-state index in [2.05, 4.69) is 67.9 Å². The minimum Gasteiger partial charge on any atom is -0.375 e. The average Bonchev–Trinajstić information content (AvgIpc) is 2.94.